The standard InChI is InChI=1S/C11H20N2O2/c1-5-15-8-11(3,14)7-10-6-9(2)12-13(10)4/h6,14H,5,7-8H2,1-4H3. The van der Waals surface area contributed by atoms with Gasteiger partial charge in [0.2, 0.25) is 0 Å². The van der Waals surface area contributed by atoms with Crippen molar-refractivity contribution in [2.75, 3.05) is 13.2 Å². The van der Waals surface area contributed by atoms with Crippen LogP contribution >= 0.6 is 0 Å². The zero-order valence-corrected chi connectivity index (χ0v) is 9.95. The molecular formula is C11H20N2O2. The number of hydrogen-bond acceptors (Lipinski definition) is 3. The minimum absolute atomic E-state index is 0.355. The molecule has 4 nitrogen and oxygen atoms in total. The minimum Gasteiger partial charge on any atom is -0.387 e. The van der Waals surface area contributed by atoms with Crippen LogP contribution in [0.3, 0.4) is 0 Å². The maximum Gasteiger partial charge on any atom is 0.0907 e. The number of ether oxygens (including phenoxy) is 1. The summed E-state index contributed by atoms with van der Waals surface area (Å²) in [7, 11) is 1.89. The number of hydrogen-bond donors (Lipinski definition) is 1. The maximum absolute atomic E-state index is 10.1. The first kappa shape index (κ1) is 12.2. The van der Waals surface area contributed by atoms with Gasteiger partial charge in [-0.25, -0.2) is 0 Å². The van der Waals surface area contributed by atoms with Gasteiger partial charge < -0.3 is 9.84 Å². The van der Waals surface area contributed by atoms with E-state index in [9.17, 15) is 5.11 Å². The molecule has 1 atom stereocenters. The molecule has 0 fully saturated rings. The second-order valence-electron chi connectivity index (χ2n) is 4.21. The van der Waals surface area contributed by atoms with E-state index in [2.05, 4.69) is 5.10 Å². The van der Waals surface area contributed by atoms with Crippen molar-refractivity contribution in [3.8, 4) is 0 Å². The van der Waals surface area contributed by atoms with Gasteiger partial charge in [-0.2, -0.15) is 5.10 Å². The summed E-state index contributed by atoms with van der Waals surface area (Å²) < 4.78 is 7.04. The summed E-state index contributed by atoms with van der Waals surface area (Å²) in [4.78, 5) is 0. The molecule has 0 aliphatic carbocycles. The van der Waals surface area contributed by atoms with Crippen molar-refractivity contribution in [1.29, 1.82) is 0 Å². The van der Waals surface area contributed by atoms with Crippen LogP contribution in [0.4, 0.5) is 0 Å². The summed E-state index contributed by atoms with van der Waals surface area (Å²) in [6.45, 7) is 6.63. The molecule has 1 rings (SSSR count). The Morgan fingerprint density at radius 3 is 2.73 bits per heavy atom. The van der Waals surface area contributed by atoms with E-state index in [-0.39, 0.29) is 0 Å². The van der Waals surface area contributed by atoms with E-state index in [1.807, 2.05) is 27.0 Å². The molecule has 15 heavy (non-hydrogen) atoms. The van der Waals surface area contributed by atoms with Gasteiger partial charge in [-0.1, -0.05) is 0 Å². The lowest BCUT2D eigenvalue weighted by Crippen LogP contribution is -2.34. The molecule has 0 aliphatic heterocycles. The molecule has 1 heterocycles. The number of aryl methyl sites for hydroxylation is 2. The largest absolute Gasteiger partial charge is 0.387 e. The highest BCUT2D eigenvalue weighted by Crippen LogP contribution is 2.14. The van der Waals surface area contributed by atoms with Gasteiger partial charge in [0.15, 0.2) is 0 Å². The van der Waals surface area contributed by atoms with E-state index in [0.717, 1.165) is 11.4 Å². The molecule has 0 saturated carbocycles. The van der Waals surface area contributed by atoms with E-state index in [4.69, 9.17) is 4.74 Å². The van der Waals surface area contributed by atoms with Crippen LogP contribution in [0.1, 0.15) is 25.2 Å². The Bertz CT molecular complexity index is 318. The summed E-state index contributed by atoms with van der Waals surface area (Å²) in [5, 5.41) is 14.3. The third-order valence-electron chi connectivity index (χ3n) is 2.28. The quantitative estimate of drug-likeness (QED) is 0.794. The zero-order valence-electron chi connectivity index (χ0n) is 9.95. The summed E-state index contributed by atoms with van der Waals surface area (Å²) in [5.74, 6) is 0. The van der Waals surface area contributed by atoms with Crippen molar-refractivity contribution in [1.82, 2.24) is 9.78 Å². The first-order chi connectivity index (χ1) is 6.94. The van der Waals surface area contributed by atoms with Crippen LogP contribution < -0.4 is 0 Å². The molecule has 0 amide bonds. The van der Waals surface area contributed by atoms with Crippen molar-refractivity contribution >= 4 is 0 Å². The van der Waals surface area contributed by atoms with Gasteiger partial charge in [-0.05, 0) is 26.8 Å². The number of rotatable bonds is 5. The zero-order chi connectivity index (χ0) is 11.5. The number of aromatic nitrogens is 2. The predicted octanol–water partition coefficient (Wildman–Crippen LogP) is 1.06. The molecule has 0 saturated heterocycles. The van der Waals surface area contributed by atoms with Gasteiger partial charge in [0.1, 0.15) is 0 Å². The van der Waals surface area contributed by atoms with Crippen molar-refractivity contribution in [3.05, 3.63) is 17.5 Å². The molecule has 0 bridgehead atoms. The Hall–Kier alpha value is -0.870. The predicted molar refractivity (Wildman–Crippen MR) is 58.8 cm³/mol. The molecule has 0 aromatic carbocycles. The summed E-state index contributed by atoms with van der Waals surface area (Å²) in [5.41, 5.74) is 1.17. The summed E-state index contributed by atoms with van der Waals surface area (Å²) in [6, 6.07) is 1.99. The third kappa shape index (κ3) is 3.64. The monoisotopic (exact) mass is 212 g/mol. The highest BCUT2D eigenvalue weighted by atomic mass is 16.5. The lowest BCUT2D eigenvalue weighted by Gasteiger charge is -2.22. The van der Waals surface area contributed by atoms with Crippen LogP contribution in [0.5, 0.6) is 0 Å². The average molecular weight is 212 g/mol. The second kappa shape index (κ2) is 4.77. The van der Waals surface area contributed by atoms with E-state index in [1.54, 1.807) is 11.6 Å². The fourth-order valence-electron chi connectivity index (χ4n) is 1.59. The van der Waals surface area contributed by atoms with Gasteiger partial charge in [-0.3, -0.25) is 4.68 Å². The highest BCUT2D eigenvalue weighted by molar-refractivity contribution is 5.11. The minimum atomic E-state index is -0.823. The molecule has 4 heteroatoms. The molecule has 0 spiro atoms. The van der Waals surface area contributed by atoms with E-state index < -0.39 is 5.60 Å². The summed E-state index contributed by atoms with van der Waals surface area (Å²) in [6.07, 6.45) is 0.560. The van der Waals surface area contributed by atoms with Crippen molar-refractivity contribution < 1.29 is 9.84 Å². The van der Waals surface area contributed by atoms with Crippen LogP contribution in [0.15, 0.2) is 6.07 Å². The number of aliphatic hydroxyl groups is 1. The first-order valence-corrected chi connectivity index (χ1v) is 5.24. The Labute approximate surface area is 90.9 Å². The van der Waals surface area contributed by atoms with E-state index >= 15 is 0 Å². The van der Waals surface area contributed by atoms with Crippen molar-refractivity contribution in [2.24, 2.45) is 7.05 Å². The second-order valence-corrected chi connectivity index (χ2v) is 4.21. The van der Waals surface area contributed by atoms with Gasteiger partial charge in [0.05, 0.1) is 17.9 Å². The lowest BCUT2D eigenvalue weighted by atomic mass is 10.0. The maximum atomic E-state index is 10.1. The Morgan fingerprint density at radius 1 is 1.60 bits per heavy atom. The first-order valence-electron chi connectivity index (χ1n) is 5.24. The molecule has 1 aromatic rings. The van der Waals surface area contributed by atoms with Crippen LogP contribution in [0.25, 0.3) is 0 Å². The Morgan fingerprint density at radius 2 is 2.27 bits per heavy atom. The SMILES string of the molecule is CCOCC(C)(O)Cc1cc(C)nn1C. The lowest BCUT2D eigenvalue weighted by molar-refractivity contribution is -0.0307. The van der Waals surface area contributed by atoms with Crippen LogP contribution in [-0.2, 0) is 18.2 Å². The van der Waals surface area contributed by atoms with E-state index in [0.29, 0.717) is 19.6 Å². The molecule has 1 unspecified atom stereocenters. The highest BCUT2D eigenvalue weighted by Gasteiger charge is 2.22. The van der Waals surface area contributed by atoms with Gasteiger partial charge in [0, 0.05) is 25.8 Å². The van der Waals surface area contributed by atoms with Crippen LogP contribution in [0.2, 0.25) is 0 Å². The smallest absolute Gasteiger partial charge is 0.0907 e. The van der Waals surface area contributed by atoms with Crippen molar-refractivity contribution in [2.45, 2.75) is 32.8 Å². The fraction of sp³-hybridized carbons (Fsp3) is 0.727. The van der Waals surface area contributed by atoms with Crippen LogP contribution in [0, 0.1) is 6.92 Å². The normalized spacial score (nSPS) is 15.3. The van der Waals surface area contributed by atoms with Gasteiger partial charge in [0.25, 0.3) is 0 Å². The van der Waals surface area contributed by atoms with Crippen molar-refractivity contribution in [3.63, 3.8) is 0 Å². The molecule has 1 aromatic heterocycles. The fourth-order valence-corrected chi connectivity index (χ4v) is 1.59. The van der Waals surface area contributed by atoms with E-state index in [1.165, 1.54) is 0 Å². The summed E-state index contributed by atoms with van der Waals surface area (Å²) >= 11 is 0. The molecular weight excluding hydrogens is 192 g/mol. The average Bonchev–Trinajstić information content (AvgIpc) is 2.41. The number of nitrogens with zero attached hydrogens (tertiary/aromatic N) is 2. The van der Waals surface area contributed by atoms with Crippen LogP contribution in [-0.4, -0.2) is 33.7 Å². The molecule has 0 aliphatic rings. The van der Waals surface area contributed by atoms with Gasteiger partial charge in [-0.15, -0.1) is 0 Å². The topological polar surface area (TPSA) is 47.3 Å². The molecule has 86 valence electrons. The Balaban J connectivity index is 2.63. The van der Waals surface area contributed by atoms with Gasteiger partial charge >= 0.3 is 0 Å². The molecule has 1 N–H and O–H groups in total. The third-order valence-corrected chi connectivity index (χ3v) is 2.28. The molecule has 0 radical (unpaired) electrons. The Kier molecular flexibility index (Phi) is 3.88.